The Morgan fingerprint density at radius 3 is 2.67 bits per heavy atom. The Balaban J connectivity index is 1.41. The summed E-state index contributed by atoms with van der Waals surface area (Å²) in [4.78, 5) is 17.0. The van der Waals surface area contributed by atoms with E-state index in [-0.39, 0.29) is 11.7 Å². The number of carbonyl (C=O) groups excluding carboxylic acids is 1. The fourth-order valence-corrected chi connectivity index (χ4v) is 3.49. The van der Waals surface area contributed by atoms with Gasteiger partial charge in [0.15, 0.2) is 0 Å². The molecule has 134 valence electrons. The molecule has 7 heteroatoms. The van der Waals surface area contributed by atoms with Gasteiger partial charge in [0.1, 0.15) is 15.7 Å². The maximum atomic E-state index is 13.8. The number of hydrogen-bond acceptors (Lipinski definition) is 4. The molecule has 0 saturated carbocycles. The van der Waals surface area contributed by atoms with Gasteiger partial charge in [-0.2, -0.15) is 5.10 Å². The van der Waals surface area contributed by atoms with Gasteiger partial charge in [-0.15, -0.1) is 11.3 Å². The van der Waals surface area contributed by atoms with Crippen LogP contribution in [0.15, 0.2) is 67.0 Å². The van der Waals surface area contributed by atoms with Crippen LogP contribution in [0.1, 0.15) is 15.2 Å². The Hall–Kier alpha value is -3.32. The monoisotopic (exact) mass is 378 g/mol. The Morgan fingerprint density at radius 2 is 1.93 bits per heavy atom. The van der Waals surface area contributed by atoms with Gasteiger partial charge in [-0.3, -0.25) is 9.89 Å². The van der Waals surface area contributed by atoms with Crippen molar-refractivity contribution in [1.29, 1.82) is 0 Å². The molecule has 4 aromatic rings. The predicted molar refractivity (Wildman–Crippen MR) is 103 cm³/mol. The minimum absolute atomic E-state index is 0.229. The van der Waals surface area contributed by atoms with Crippen LogP contribution in [0.25, 0.3) is 21.8 Å². The molecule has 0 aliphatic heterocycles. The van der Waals surface area contributed by atoms with Gasteiger partial charge < -0.3 is 5.32 Å². The largest absolute Gasteiger partial charge is 0.347 e. The summed E-state index contributed by atoms with van der Waals surface area (Å²) in [6.45, 7) is 0.398. The summed E-state index contributed by atoms with van der Waals surface area (Å²) in [7, 11) is 0. The van der Waals surface area contributed by atoms with Crippen molar-refractivity contribution in [1.82, 2.24) is 20.5 Å². The van der Waals surface area contributed by atoms with Crippen LogP contribution in [0.5, 0.6) is 0 Å². The first-order chi connectivity index (χ1) is 13.2. The standard InChI is InChI=1S/C20H15FN4OS/c21-16-4-2-1-3-15(16)20-23-12-18(27-20)19(26)22-11-13-5-7-14(8-6-13)17-9-10-24-25-17/h1-10,12H,11H2,(H,22,26)(H,24,25). The highest BCUT2D eigenvalue weighted by Gasteiger charge is 2.13. The van der Waals surface area contributed by atoms with Gasteiger partial charge in [-0.25, -0.2) is 9.37 Å². The maximum absolute atomic E-state index is 13.8. The van der Waals surface area contributed by atoms with E-state index in [4.69, 9.17) is 0 Å². The Kier molecular flexibility index (Phi) is 4.76. The number of aromatic nitrogens is 3. The van der Waals surface area contributed by atoms with E-state index in [1.54, 1.807) is 24.4 Å². The first-order valence-electron chi connectivity index (χ1n) is 8.28. The average molecular weight is 378 g/mol. The molecule has 0 atom stereocenters. The van der Waals surface area contributed by atoms with Gasteiger partial charge in [0.25, 0.3) is 5.91 Å². The number of nitrogens with zero attached hydrogens (tertiary/aromatic N) is 2. The van der Waals surface area contributed by atoms with Crippen LogP contribution in [-0.2, 0) is 6.54 Å². The van der Waals surface area contributed by atoms with Gasteiger partial charge in [0.05, 0.1) is 11.9 Å². The highest BCUT2D eigenvalue weighted by Crippen LogP contribution is 2.27. The third-order valence-electron chi connectivity index (χ3n) is 4.05. The summed E-state index contributed by atoms with van der Waals surface area (Å²) >= 11 is 1.17. The lowest BCUT2D eigenvalue weighted by Crippen LogP contribution is -2.21. The molecule has 0 unspecified atom stereocenters. The van der Waals surface area contributed by atoms with Gasteiger partial charge in [-0.05, 0) is 29.3 Å². The lowest BCUT2D eigenvalue weighted by Gasteiger charge is -2.05. The molecule has 2 N–H and O–H groups in total. The molecule has 27 heavy (non-hydrogen) atoms. The molecule has 0 radical (unpaired) electrons. The van der Waals surface area contributed by atoms with Crippen LogP contribution >= 0.6 is 11.3 Å². The van der Waals surface area contributed by atoms with Crippen molar-refractivity contribution in [2.75, 3.05) is 0 Å². The van der Waals surface area contributed by atoms with Gasteiger partial charge in [-0.1, -0.05) is 36.4 Å². The smallest absolute Gasteiger partial charge is 0.263 e. The van der Waals surface area contributed by atoms with E-state index in [9.17, 15) is 9.18 Å². The molecule has 0 spiro atoms. The van der Waals surface area contributed by atoms with Crippen LogP contribution in [-0.4, -0.2) is 21.1 Å². The van der Waals surface area contributed by atoms with E-state index >= 15 is 0 Å². The highest BCUT2D eigenvalue weighted by atomic mass is 32.1. The predicted octanol–water partition coefficient (Wildman–Crippen LogP) is 4.27. The summed E-state index contributed by atoms with van der Waals surface area (Å²) in [5.74, 6) is -0.580. The minimum Gasteiger partial charge on any atom is -0.347 e. The van der Waals surface area contributed by atoms with Crippen molar-refractivity contribution in [2.45, 2.75) is 6.54 Å². The molecule has 2 aromatic heterocycles. The number of hydrogen-bond donors (Lipinski definition) is 2. The second-order valence-electron chi connectivity index (χ2n) is 5.86. The normalized spacial score (nSPS) is 10.7. The quantitative estimate of drug-likeness (QED) is 0.545. The van der Waals surface area contributed by atoms with Crippen molar-refractivity contribution in [2.24, 2.45) is 0 Å². The number of H-pyrrole nitrogens is 1. The van der Waals surface area contributed by atoms with Gasteiger partial charge in [0.2, 0.25) is 0 Å². The Labute approximate surface area is 158 Å². The number of amides is 1. The fourth-order valence-electron chi connectivity index (χ4n) is 2.63. The number of rotatable bonds is 5. The zero-order valence-corrected chi connectivity index (χ0v) is 15.0. The van der Waals surface area contributed by atoms with E-state index in [0.717, 1.165) is 16.8 Å². The SMILES string of the molecule is O=C(NCc1ccc(-c2ccn[nH]2)cc1)c1cnc(-c2ccccc2F)s1. The first kappa shape index (κ1) is 17.1. The summed E-state index contributed by atoms with van der Waals surface area (Å²) in [6.07, 6.45) is 3.18. The molecule has 0 bridgehead atoms. The summed E-state index contributed by atoms with van der Waals surface area (Å²) < 4.78 is 13.8. The molecule has 5 nitrogen and oxygen atoms in total. The molecule has 0 aliphatic carbocycles. The summed E-state index contributed by atoms with van der Waals surface area (Å²) in [5.41, 5.74) is 3.34. The van der Waals surface area contributed by atoms with E-state index in [0.29, 0.717) is 22.0 Å². The van der Waals surface area contributed by atoms with Crippen molar-refractivity contribution in [3.05, 3.63) is 83.2 Å². The van der Waals surface area contributed by atoms with Crippen molar-refractivity contribution >= 4 is 17.2 Å². The number of thiazole rings is 1. The molecular weight excluding hydrogens is 363 g/mol. The van der Waals surface area contributed by atoms with Gasteiger partial charge in [0, 0.05) is 18.3 Å². The molecule has 4 rings (SSSR count). The molecule has 1 amide bonds. The molecule has 0 aliphatic rings. The molecule has 2 aromatic carbocycles. The minimum atomic E-state index is -0.351. The van der Waals surface area contributed by atoms with Crippen LogP contribution < -0.4 is 5.32 Å². The van der Waals surface area contributed by atoms with Crippen molar-refractivity contribution < 1.29 is 9.18 Å². The third-order valence-corrected chi connectivity index (χ3v) is 5.08. The number of aromatic amines is 1. The third kappa shape index (κ3) is 3.78. The molecule has 0 saturated heterocycles. The second-order valence-corrected chi connectivity index (χ2v) is 6.89. The van der Waals surface area contributed by atoms with Crippen LogP contribution in [0.2, 0.25) is 0 Å². The lowest BCUT2D eigenvalue weighted by molar-refractivity contribution is 0.0955. The summed E-state index contributed by atoms with van der Waals surface area (Å²) in [6, 6.07) is 16.1. The molecule has 2 heterocycles. The zero-order valence-electron chi connectivity index (χ0n) is 14.1. The van der Waals surface area contributed by atoms with Crippen LogP contribution in [0, 0.1) is 5.82 Å². The lowest BCUT2D eigenvalue weighted by atomic mass is 10.1. The van der Waals surface area contributed by atoms with Crippen LogP contribution in [0.4, 0.5) is 4.39 Å². The summed E-state index contributed by atoms with van der Waals surface area (Å²) in [5, 5.41) is 10.2. The van der Waals surface area contributed by atoms with E-state index in [1.165, 1.54) is 23.6 Å². The average Bonchev–Trinajstić information content (AvgIpc) is 3.39. The molecule has 0 fully saturated rings. The molecular formula is C20H15FN4OS. The number of nitrogens with one attached hydrogen (secondary N) is 2. The van der Waals surface area contributed by atoms with Crippen molar-refractivity contribution in [3.63, 3.8) is 0 Å². The van der Waals surface area contributed by atoms with Crippen molar-refractivity contribution in [3.8, 4) is 21.8 Å². The first-order valence-corrected chi connectivity index (χ1v) is 9.10. The highest BCUT2D eigenvalue weighted by molar-refractivity contribution is 7.16. The number of benzene rings is 2. The zero-order chi connectivity index (χ0) is 18.6. The van der Waals surface area contributed by atoms with E-state index < -0.39 is 0 Å². The van der Waals surface area contributed by atoms with E-state index in [2.05, 4.69) is 20.5 Å². The topological polar surface area (TPSA) is 70.7 Å². The van der Waals surface area contributed by atoms with E-state index in [1.807, 2.05) is 30.3 Å². The maximum Gasteiger partial charge on any atom is 0.263 e. The number of halogens is 1. The Bertz CT molecular complexity index is 1060. The Morgan fingerprint density at radius 1 is 1.11 bits per heavy atom. The second kappa shape index (κ2) is 7.51. The van der Waals surface area contributed by atoms with Gasteiger partial charge >= 0.3 is 0 Å². The number of carbonyl (C=O) groups is 1. The fraction of sp³-hybridized carbons (Fsp3) is 0.0500. The van der Waals surface area contributed by atoms with Crippen LogP contribution in [0.3, 0.4) is 0 Å².